The van der Waals surface area contributed by atoms with Gasteiger partial charge in [0.1, 0.15) is 5.94 Å². The molecule has 1 N–H and O–H groups in total. The summed E-state index contributed by atoms with van der Waals surface area (Å²) in [6.07, 6.45) is 0. The predicted molar refractivity (Wildman–Crippen MR) is 81.0 cm³/mol. The van der Waals surface area contributed by atoms with Gasteiger partial charge in [0.15, 0.2) is 0 Å². The van der Waals surface area contributed by atoms with Gasteiger partial charge in [-0.2, -0.15) is 0 Å². The van der Waals surface area contributed by atoms with E-state index in [-0.39, 0.29) is 4.75 Å². The Morgan fingerprint density at radius 2 is 2.15 bits per heavy atom. The molecule has 0 fully saturated rings. The second-order valence-corrected chi connectivity index (χ2v) is 7.78. The number of nitrogens with one attached hydrogen (secondary N) is 1. The molecule has 0 aliphatic carbocycles. The van der Waals surface area contributed by atoms with Gasteiger partial charge in [-0.1, -0.05) is 44.2 Å². The quantitative estimate of drug-likeness (QED) is 0.154. The summed E-state index contributed by atoms with van der Waals surface area (Å²) in [7, 11) is 3.66. The van der Waals surface area contributed by atoms with Gasteiger partial charge in [0.25, 0.3) is 0 Å². The molecule has 0 rings (SSSR count). The highest BCUT2D eigenvalue weighted by Crippen LogP contribution is 2.35. The molecule has 13 heavy (non-hydrogen) atoms. The van der Waals surface area contributed by atoms with Crippen LogP contribution in [0.2, 0.25) is 0 Å². The molecular formula is C7H15I2NOS2. The maximum absolute atomic E-state index is 5.37. The number of halogens is 2. The molecule has 0 spiro atoms. The Labute approximate surface area is 116 Å². The molecule has 80 valence electrons. The molecule has 0 aliphatic heterocycles. The fraction of sp³-hybridized carbons (Fsp3) is 1.00. The minimum absolute atomic E-state index is 0.277. The van der Waals surface area contributed by atoms with E-state index >= 15 is 0 Å². The summed E-state index contributed by atoms with van der Waals surface area (Å²) in [4.78, 5) is 0. The molecule has 0 aromatic carbocycles. The van der Waals surface area contributed by atoms with Crippen molar-refractivity contribution >= 4 is 67.0 Å². The molecule has 0 amide bonds. The molecule has 0 saturated heterocycles. The summed E-state index contributed by atoms with van der Waals surface area (Å²) in [6, 6.07) is 0. The van der Waals surface area contributed by atoms with Gasteiger partial charge < -0.3 is 4.74 Å². The zero-order chi connectivity index (χ0) is 10.2. The maximum Gasteiger partial charge on any atom is 0.102 e. The Morgan fingerprint density at radius 3 is 2.69 bits per heavy atom. The van der Waals surface area contributed by atoms with Crippen LogP contribution in [0.3, 0.4) is 0 Å². The van der Waals surface area contributed by atoms with E-state index in [2.05, 4.69) is 62.8 Å². The van der Waals surface area contributed by atoms with Crippen molar-refractivity contribution in [1.82, 2.24) is 3.53 Å². The third-order valence-corrected chi connectivity index (χ3v) is 4.92. The first kappa shape index (κ1) is 15.1. The number of hydrogen-bond donors (Lipinski definition) is 1. The van der Waals surface area contributed by atoms with Crippen molar-refractivity contribution in [2.24, 2.45) is 0 Å². The molecular weight excluding hydrogens is 432 g/mol. The van der Waals surface area contributed by atoms with Gasteiger partial charge in [-0.05, 0) is 13.8 Å². The Kier molecular flexibility index (Phi) is 10.8. The average Bonchev–Trinajstić information content (AvgIpc) is 2.04. The highest BCUT2D eigenvalue weighted by molar-refractivity contribution is 14.1. The molecule has 0 radical (unpaired) electrons. The molecule has 0 unspecified atom stereocenters. The summed E-state index contributed by atoms with van der Waals surface area (Å²) in [6.45, 7) is 6.33. The van der Waals surface area contributed by atoms with Crippen molar-refractivity contribution in [2.75, 3.05) is 23.5 Å². The number of hydrogen-bond acceptors (Lipinski definition) is 4. The lowest BCUT2D eigenvalue weighted by Crippen LogP contribution is -2.25. The third kappa shape index (κ3) is 10.4. The average molecular weight is 447 g/mol. The summed E-state index contributed by atoms with van der Waals surface area (Å²) < 4.78 is 9.87. The lowest BCUT2D eigenvalue weighted by atomic mass is 10.2. The molecule has 0 aliphatic rings. The Balaban J connectivity index is 3.29. The van der Waals surface area contributed by atoms with E-state index in [0.29, 0.717) is 0 Å². The van der Waals surface area contributed by atoms with Gasteiger partial charge >= 0.3 is 0 Å². The maximum atomic E-state index is 5.37. The van der Waals surface area contributed by atoms with E-state index in [1.165, 1.54) is 0 Å². The first-order valence-corrected chi connectivity index (χ1v) is 8.82. The summed E-state index contributed by atoms with van der Waals surface area (Å²) in [5.74, 6) is 0.790. The third-order valence-electron chi connectivity index (χ3n) is 1.13. The summed E-state index contributed by atoms with van der Waals surface area (Å²) in [5, 5.41) is 0. The lowest BCUT2D eigenvalue weighted by molar-refractivity contribution is 0.205. The SMILES string of the molecule is CC(C)(CNI)SSCOCCI. The van der Waals surface area contributed by atoms with Gasteiger partial charge in [-0.3, -0.25) is 3.53 Å². The van der Waals surface area contributed by atoms with Crippen molar-refractivity contribution in [3.05, 3.63) is 0 Å². The van der Waals surface area contributed by atoms with E-state index < -0.39 is 0 Å². The zero-order valence-electron chi connectivity index (χ0n) is 7.81. The fourth-order valence-corrected chi connectivity index (χ4v) is 4.21. The van der Waals surface area contributed by atoms with Crippen molar-refractivity contribution in [2.45, 2.75) is 18.6 Å². The number of rotatable bonds is 8. The van der Waals surface area contributed by atoms with Crippen molar-refractivity contribution in [3.8, 4) is 0 Å². The second kappa shape index (κ2) is 9.32. The second-order valence-electron chi connectivity index (χ2n) is 2.99. The van der Waals surface area contributed by atoms with Crippen molar-refractivity contribution < 1.29 is 4.74 Å². The Bertz CT molecular complexity index is 127. The predicted octanol–water partition coefficient (Wildman–Crippen LogP) is 3.50. The summed E-state index contributed by atoms with van der Waals surface area (Å²) >= 11 is 4.50. The van der Waals surface area contributed by atoms with Gasteiger partial charge in [0, 0.05) is 38.6 Å². The monoisotopic (exact) mass is 447 g/mol. The molecule has 0 atom stereocenters. The van der Waals surface area contributed by atoms with Gasteiger partial charge in [0.2, 0.25) is 0 Å². The summed E-state index contributed by atoms with van der Waals surface area (Å²) in [5.41, 5.74) is 0. The van der Waals surface area contributed by atoms with Crippen molar-refractivity contribution in [3.63, 3.8) is 0 Å². The van der Waals surface area contributed by atoms with Crippen LogP contribution in [0.4, 0.5) is 0 Å². The van der Waals surface area contributed by atoms with Crippen molar-refractivity contribution in [1.29, 1.82) is 0 Å². The topological polar surface area (TPSA) is 21.3 Å². The normalized spacial score (nSPS) is 12.0. The fourth-order valence-electron chi connectivity index (χ4n) is 0.521. The molecule has 0 aromatic rings. The van der Waals surface area contributed by atoms with Crippen LogP contribution in [-0.4, -0.2) is 28.3 Å². The highest BCUT2D eigenvalue weighted by Gasteiger charge is 2.17. The van der Waals surface area contributed by atoms with Crippen LogP contribution in [-0.2, 0) is 4.74 Å². The molecule has 6 heteroatoms. The van der Waals surface area contributed by atoms with Crippen LogP contribution < -0.4 is 3.53 Å². The van der Waals surface area contributed by atoms with Crippen LogP contribution in [0.15, 0.2) is 0 Å². The molecule has 2 nitrogen and oxygen atoms in total. The van der Waals surface area contributed by atoms with E-state index in [1.807, 2.05) is 10.8 Å². The lowest BCUT2D eigenvalue weighted by Gasteiger charge is -2.21. The Hall–Kier alpha value is 2.08. The number of alkyl halides is 1. The highest BCUT2D eigenvalue weighted by atomic mass is 127. The van der Waals surface area contributed by atoms with Gasteiger partial charge in [-0.25, -0.2) is 0 Å². The molecule has 0 heterocycles. The van der Waals surface area contributed by atoms with E-state index in [0.717, 1.165) is 23.5 Å². The van der Waals surface area contributed by atoms with E-state index in [9.17, 15) is 0 Å². The van der Waals surface area contributed by atoms with Crippen LogP contribution in [0.25, 0.3) is 0 Å². The smallest absolute Gasteiger partial charge is 0.102 e. The largest absolute Gasteiger partial charge is 0.369 e. The minimum Gasteiger partial charge on any atom is -0.369 e. The Morgan fingerprint density at radius 1 is 1.46 bits per heavy atom. The molecule has 0 aromatic heterocycles. The van der Waals surface area contributed by atoms with Gasteiger partial charge in [-0.15, -0.1) is 0 Å². The van der Waals surface area contributed by atoms with Gasteiger partial charge in [0.05, 0.1) is 6.61 Å². The first-order valence-electron chi connectivity index (χ1n) is 3.90. The molecule has 0 bridgehead atoms. The van der Waals surface area contributed by atoms with E-state index in [1.54, 1.807) is 10.8 Å². The minimum atomic E-state index is 0.277. The van der Waals surface area contributed by atoms with Crippen LogP contribution in [0, 0.1) is 0 Å². The van der Waals surface area contributed by atoms with Crippen LogP contribution in [0.5, 0.6) is 0 Å². The number of ether oxygens (including phenoxy) is 1. The zero-order valence-corrected chi connectivity index (χ0v) is 13.8. The first-order chi connectivity index (χ1) is 6.12. The van der Waals surface area contributed by atoms with Crippen LogP contribution >= 0.6 is 67.0 Å². The van der Waals surface area contributed by atoms with Crippen LogP contribution in [0.1, 0.15) is 13.8 Å². The standard InChI is InChI=1S/C7H15I2NOS2/c1-7(2,5-10-9)13-12-6-11-4-3-8/h10H,3-6H2,1-2H3. The molecule has 0 saturated carbocycles. The van der Waals surface area contributed by atoms with E-state index in [4.69, 9.17) is 4.74 Å².